The number of carbonyl (C=O) groups excluding carboxylic acids is 2. The summed E-state index contributed by atoms with van der Waals surface area (Å²) in [6.07, 6.45) is 7.46. The summed E-state index contributed by atoms with van der Waals surface area (Å²) in [5, 5.41) is 14.2. The van der Waals surface area contributed by atoms with Crippen LogP contribution in [-0.2, 0) is 0 Å². The summed E-state index contributed by atoms with van der Waals surface area (Å²) in [4.78, 5) is 24.4. The lowest BCUT2D eigenvalue weighted by Gasteiger charge is -2.29. The second-order valence-corrected chi connectivity index (χ2v) is 7.68. The number of aromatic nitrogens is 3. The molecular weight excluding hydrogens is 342 g/mol. The van der Waals surface area contributed by atoms with Crippen molar-refractivity contribution in [2.24, 2.45) is 0 Å². The van der Waals surface area contributed by atoms with Crippen LogP contribution in [0, 0.1) is 6.92 Å². The number of benzene rings is 1. The molecule has 0 saturated heterocycles. The molecule has 2 fully saturated rings. The molecule has 0 radical (unpaired) electrons. The summed E-state index contributed by atoms with van der Waals surface area (Å²) in [6.45, 7) is 2.01. The molecule has 0 spiro atoms. The maximum absolute atomic E-state index is 12.4. The average Bonchev–Trinajstić information content (AvgIpc) is 3.34. The molecule has 2 N–H and O–H groups in total. The van der Waals surface area contributed by atoms with E-state index < -0.39 is 0 Å². The molecule has 4 rings (SSSR count). The average molecular weight is 367 g/mol. The van der Waals surface area contributed by atoms with E-state index in [2.05, 4.69) is 20.9 Å². The first-order valence-electron chi connectivity index (χ1n) is 9.69. The Morgan fingerprint density at radius 1 is 0.926 bits per heavy atom. The van der Waals surface area contributed by atoms with Crippen LogP contribution in [0.3, 0.4) is 0 Å². The zero-order valence-electron chi connectivity index (χ0n) is 15.5. The van der Waals surface area contributed by atoms with E-state index >= 15 is 0 Å². The Labute approximate surface area is 158 Å². The fraction of sp³-hybridized carbons (Fsp3) is 0.500. The minimum atomic E-state index is -0.136. The van der Waals surface area contributed by atoms with Crippen molar-refractivity contribution in [3.63, 3.8) is 0 Å². The Morgan fingerprint density at radius 2 is 1.52 bits per heavy atom. The summed E-state index contributed by atoms with van der Waals surface area (Å²) in [7, 11) is 0. The third kappa shape index (κ3) is 4.35. The summed E-state index contributed by atoms with van der Waals surface area (Å²) in [5.41, 5.74) is 2.23. The van der Waals surface area contributed by atoms with Gasteiger partial charge >= 0.3 is 0 Å². The first-order chi connectivity index (χ1) is 13.1. The molecular formula is C20H25N5O2. The molecule has 0 bridgehead atoms. The lowest BCUT2D eigenvalue weighted by atomic mass is 9.91. The van der Waals surface area contributed by atoms with Gasteiger partial charge < -0.3 is 10.6 Å². The maximum Gasteiger partial charge on any atom is 0.273 e. The van der Waals surface area contributed by atoms with Crippen LogP contribution in [0.4, 0.5) is 0 Å². The number of carbonyl (C=O) groups is 2. The van der Waals surface area contributed by atoms with Crippen molar-refractivity contribution in [3.05, 3.63) is 47.3 Å². The van der Waals surface area contributed by atoms with Gasteiger partial charge in [0, 0.05) is 17.6 Å². The molecule has 7 heteroatoms. The number of amides is 2. The van der Waals surface area contributed by atoms with Crippen molar-refractivity contribution in [2.75, 3.05) is 0 Å². The lowest BCUT2D eigenvalue weighted by molar-refractivity contribution is 0.0918. The second kappa shape index (κ2) is 7.50. The van der Waals surface area contributed by atoms with E-state index in [1.165, 1.54) is 0 Å². The van der Waals surface area contributed by atoms with Crippen LogP contribution in [-0.4, -0.2) is 38.9 Å². The van der Waals surface area contributed by atoms with Crippen molar-refractivity contribution in [1.29, 1.82) is 0 Å². The smallest absolute Gasteiger partial charge is 0.273 e. The summed E-state index contributed by atoms with van der Waals surface area (Å²) in [5.74, 6) is -0.152. The van der Waals surface area contributed by atoms with E-state index in [1.807, 2.05) is 31.2 Å². The minimum Gasteiger partial charge on any atom is -0.349 e. The van der Waals surface area contributed by atoms with Crippen LogP contribution < -0.4 is 10.6 Å². The molecule has 2 aliphatic rings. The van der Waals surface area contributed by atoms with Gasteiger partial charge in [0.2, 0.25) is 0 Å². The normalized spacial score (nSPS) is 22.3. The van der Waals surface area contributed by atoms with Crippen LogP contribution in [0.5, 0.6) is 0 Å². The molecule has 2 amide bonds. The molecule has 2 saturated carbocycles. The first-order valence-corrected chi connectivity index (χ1v) is 9.69. The van der Waals surface area contributed by atoms with Crippen molar-refractivity contribution in [1.82, 2.24) is 25.6 Å². The van der Waals surface area contributed by atoms with E-state index in [-0.39, 0.29) is 23.9 Å². The third-order valence-corrected chi connectivity index (χ3v) is 5.38. The standard InChI is InChI=1S/C20H25N5O2/c1-13-2-4-14(5-3-13)19(26)21-16-8-10-17(11-9-16)25-12-18(23-24-25)20(27)22-15-6-7-15/h2-5,12,15-17H,6-11H2,1H3,(H,21,26)(H,22,27). The summed E-state index contributed by atoms with van der Waals surface area (Å²) >= 11 is 0. The highest BCUT2D eigenvalue weighted by Crippen LogP contribution is 2.28. The van der Waals surface area contributed by atoms with E-state index in [4.69, 9.17) is 0 Å². The first kappa shape index (κ1) is 17.7. The Balaban J connectivity index is 1.28. The number of hydrogen-bond acceptors (Lipinski definition) is 4. The lowest BCUT2D eigenvalue weighted by Crippen LogP contribution is -2.38. The van der Waals surface area contributed by atoms with Crippen molar-refractivity contribution in [3.8, 4) is 0 Å². The van der Waals surface area contributed by atoms with Gasteiger partial charge in [-0.1, -0.05) is 22.9 Å². The van der Waals surface area contributed by atoms with Gasteiger partial charge in [-0.25, -0.2) is 4.68 Å². The molecule has 27 heavy (non-hydrogen) atoms. The van der Waals surface area contributed by atoms with Crippen LogP contribution in [0.1, 0.15) is 71.0 Å². The Hall–Kier alpha value is -2.70. The SMILES string of the molecule is Cc1ccc(C(=O)NC2CCC(n3cc(C(=O)NC4CC4)nn3)CC2)cc1. The van der Waals surface area contributed by atoms with Crippen molar-refractivity contribution in [2.45, 2.75) is 63.6 Å². The molecule has 2 aliphatic carbocycles. The predicted molar refractivity (Wildman–Crippen MR) is 100 cm³/mol. The predicted octanol–water partition coefficient (Wildman–Crippen LogP) is 2.39. The van der Waals surface area contributed by atoms with Gasteiger partial charge in [-0.2, -0.15) is 0 Å². The molecule has 142 valence electrons. The second-order valence-electron chi connectivity index (χ2n) is 7.68. The highest BCUT2D eigenvalue weighted by atomic mass is 16.2. The fourth-order valence-corrected chi connectivity index (χ4v) is 3.50. The minimum absolute atomic E-state index is 0.0155. The highest BCUT2D eigenvalue weighted by molar-refractivity contribution is 5.94. The van der Waals surface area contributed by atoms with Crippen LogP contribution in [0.15, 0.2) is 30.5 Å². The van der Waals surface area contributed by atoms with Crippen LogP contribution in [0.2, 0.25) is 0 Å². The molecule has 2 aromatic rings. The molecule has 7 nitrogen and oxygen atoms in total. The zero-order valence-corrected chi connectivity index (χ0v) is 15.5. The van der Waals surface area contributed by atoms with E-state index in [0.29, 0.717) is 17.3 Å². The van der Waals surface area contributed by atoms with Gasteiger partial charge in [-0.05, 0) is 57.6 Å². The van der Waals surface area contributed by atoms with Gasteiger partial charge in [0.25, 0.3) is 11.8 Å². The monoisotopic (exact) mass is 367 g/mol. The zero-order chi connectivity index (χ0) is 18.8. The van der Waals surface area contributed by atoms with Crippen LogP contribution in [0.25, 0.3) is 0 Å². The number of nitrogens with zero attached hydrogens (tertiary/aromatic N) is 3. The third-order valence-electron chi connectivity index (χ3n) is 5.38. The van der Waals surface area contributed by atoms with Crippen LogP contribution >= 0.6 is 0 Å². The summed E-state index contributed by atoms with van der Waals surface area (Å²) in [6, 6.07) is 8.35. The Kier molecular flexibility index (Phi) is 4.92. The Morgan fingerprint density at radius 3 is 2.15 bits per heavy atom. The van der Waals surface area contributed by atoms with Gasteiger partial charge in [-0.15, -0.1) is 5.10 Å². The van der Waals surface area contributed by atoms with Gasteiger partial charge in [0.1, 0.15) is 0 Å². The molecule has 1 heterocycles. The number of hydrogen-bond donors (Lipinski definition) is 2. The molecule has 0 aliphatic heterocycles. The van der Waals surface area contributed by atoms with Gasteiger partial charge in [0.05, 0.1) is 12.2 Å². The maximum atomic E-state index is 12.4. The largest absolute Gasteiger partial charge is 0.349 e. The number of aryl methyl sites for hydroxylation is 1. The molecule has 1 aromatic heterocycles. The number of nitrogens with one attached hydrogen (secondary N) is 2. The topological polar surface area (TPSA) is 88.9 Å². The molecule has 0 unspecified atom stereocenters. The Bertz CT molecular complexity index is 817. The van der Waals surface area contributed by atoms with E-state index in [0.717, 1.165) is 44.1 Å². The highest BCUT2D eigenvalue weighted by Gasteiger charge is 2.27. The van der Waals surface area contributed by atoms with E-state index in [1.54, 1.807) is 10.9 Å². The molecule has 0 atom stereocenters. The van der Waals surface area contributed by atoms with Crippen molar-refractivity contribution < 1.29 is 9.59 Å². The number of rotatable bonds is 5. The van der Waals surface area contributed by atoms with Crippen molar-refractivity contribution >= 4 is 11.8 Å². The quantitative estimate of drug-likeness (QED) is 0.849. The van der Waals surface area contributed by atoms with Gasteiger partial charge in [0.15, 0.2) is 5.69 Å². The molecule has 1 aromatic carbocycles. The fourth-order valence-electron chi connectivity index (χ4n) is 3.50. The van der Waals surface area contributed by atoms with Gasteiger partial charge in [-0.3, -0.25) is 9.59 Å². The summed E-state index contributed by atoms with van der Waals surface area (Å²) < 4.78 is 1.81. The van der Waals surface area contributed by atoms with E-state index in [9.17, 15) is 9.59 Å².